The maximum absolute atomic E-state index is 8.82. The van der Waals surface area contributed by atoms with E-state index >= 15 is 0 Å². The highest BCUT2D eigenvalue weighted by Crippen LogP contribution is 2.24. The molecule has 0 saturated carbocycles. The fourth-order valence-electron chi connectivity index (χ4n) is 1.15. The maximum atomic E-state index is 8.82. The van der Waals surface area contributed by atoms with Gasteiger partial charge in [-0.3, -0.25) is 0 Å². The Balaban J connectivity index is 2.13. The predicted octanol–water partition coefficient (Wildman–Crippen LogP) is -0.631. The lowest BCUT2D eigenvalue weighted by molar-refractivity contribution is -0.326. The highest BCUT2D eigenvalue weighted by atomic mass is 16.8. The first-order chi connectivity index (χ1) is 6.27. The molecular weight excluding hydrogens is 171 g/mol. The Morgan fingerprint density at radius 3 is 2.15 bits per heavy atom. The van der Waals surface area contributed by atoms with Gasteiger partial charge in [0.2, 0.25) is 0 Å². The topological polar surface area (TPSA) is 58.9 Å². The van der Waals surface area contributed by atoms with Crippen molar-refractivity contribution in [2.75, 3.05) is 6.79 Å². The average molecular weight is 180 g/mol. The highest BCUT2D eigenvalue weighted by Gasteiger charge is 2.21. The molecule has 1 aromatic rings. The molecule has 0 aromatic heterocycles. The van der Waals surface area contributed by atoms with E-state index in [9.17, 15) is 0 Å². The Labute approximate surface area is 75.9 Å². The molecule has 0 unspecified atom stereocenters. The van der Waals surface area contributed by atoms with E-state index in [0.29, 0.717) is 12.3 Å². The molecule has 2 rings (SSSR count). The first-order valence-corrected chi connectivity index (χ1v) is 3.96. The van der Waals surface area contributed by atoms with Gasteiger partial charge in [0, 0.05) is 5.56 Å². The lowest BCUT2D eigenvalue weighted by Crippen LogP contribution is -2.30. The summed E-state index contributed by atoms with van der Waals surface area (Å²) in [5.74, 6) is 0. The normalized spacial score (nSPS) is 16.8. The molecule has 1 aliphatic heterocycles. The lowest BCUT2D eigenvalue weighted by Gasteiger charge is -2.26. The summed E-state index contributed by atoms with van der Waals surface area (Å²) < 4.78 is 10.1. The summed E-state index contributed by atoms with van der Waals surface area (Å²) in [7, 11) is -1.42. The average Bonchev–Trinajstić information content (AvgIpc) is 2.02. The van der Waals surface area contributed by atoms with Gasteiger partial charge in [0.25, 0.3) is 0 Å². The predicted molar refractivity (Wildman–Crippen MR) is 46.0 cm³/mol. The lowest BCUT2D eigenvalue weighted by atomic mass is 9.80. The summed E-state index contributed by atoms with van der Waals surface area (Å²) in [6.07, 6.45) is -0.287. The molecule has 68 valence electrons. The zero-order valence-corrected chi connectivity index (χ0v) is 6.88. The van der Waals surface area contributed by atoms with Crippen LogP contribution in [0.15, 0.2) is 24.3 Å². The van der Waals surface area contributed by atoms with Crippen LogP contribution in [0.4, 0.5) is 0 Å². The van der Waals surface area contributed by atoms with Gasteiger partial charge in [0.15, 0.2) is 13.1 Å². The van der Waals surface area contributed by atoms with Gasteiger partial charge < -0.3 is 19.5 Å². The number of rotatable bonds is 2. The Morgan fingerprint density at radius 1 is 1.15 bits per heavy atom. The summed E-state index contributed by atoms with van der Waals surface area (Å²) >= 11 is 0. The monoisotopic (exact) mass is 180 g/mol. The minimum atomic E-state index is -1.42. The third-order valence-electron chi connectivity index (χ3n) is 1.95. The van der Waals surface area contributed by atoms with E-state index in [4.69, 9.17) is 19.5 Å². The van der Waals surface area contributed by atoms with Gasteiger partial charge in [0.05, 0.1) is 0 Å². The molecule has 1 heterocycles. The maximum Gasteiger partial charge on any atom is 0.488 e. The smallest absolute Gasteiger partial charge is 0.423 e. The van der Waals surface area contributed by atoms with Crippen LogP contribution in [0.3, 0.4) is 0 Å². The summed E-state index contributed by atoms with van der Waals surface area (Å²) in [6, 6.07) is 6.76. The second-order valence-corrected chi connectivity index (χ2v) is 2.82. The zero-order chi connectivity index (χ0) is 9.26. The molecule has 0 aliphatic carbocycles. The van der Waals surface area contributed by atoms with Crippen LogP contribution in [0.5, 0.6) is 0 Å². The summed E-state index contributed by atoms with van der Waals surface area (Å²) in [5, 5.41) is 17.6. The van der Waals surface area contributed by atoms with Crippen molar-refractivity contribution >= 4 is 12.6 Å². The Bertz CT molecular complexity index is 281. The van der Waals surface area contributed by atoms with Crippen LogP contribution in [-0.2, 0) is 9.47 Å². The van der Waals surface area contributed by atoms with Crippen LogP contribution in [0.1, 0.15) is 11.9 Å². The first-order valence-electron chi connectivity index (χ1n) is 3.96. The van der Waals surface area contributed by atoms with Crippen LogP contribution < -0.4 is 5.46 Å². The number of hydrogen-bond donors (Lipinski definition) is 2. The van der Waals surface area contributed by atoms with Crippen molar-refractivity contribution in [2.45, 2.75) is 6.29 Å². The van der Waals surface area contributed by atoms with E-state index in [2.05, 4.69) is 0 Å². The van der Waals surface area contributed by atoms with Crippen LogP contribution in [0, 0.1) is 0 Å². The third kappa shape index (κ3) is 1.73. The van der Waals surface area contributed by atoms with Crippen LogP contribution >= 0.6 is 0 Å². The molecule has 1 aliphatic rings. The standard InChI is InChI=1S/C8H9BO4/c10-9(11)7-3-1-6(2-4-7)8-12-5-13-8/h1-4,8,10-11H,5H2. The molecule has 0 bridgehead atoms. The van der Waals surface area contributed by atoms with Gasteiger partial charge in [0.1, 0.15) is 0 Å². The van der Waals surface area contributed by atoms with Gasteiger partial charge >= 0.3 is 7.12 Å². The van der Waals surface area contributed by atoms with Gasteiger partial charge in [-0.25, -0.2) is 0 Å². The first kappa shape index (κ1) is 8.71. The highest BCUT2D eigenvalue weighted by molar-refractivity contribution is 6.58. The number of benzene rings is 1. The third-order valence-corrected chi connectivity index (χ3v) is 1.95. The van der Waals surface area contributed by atoms with E-state index in [0.717, 1.165) is 5.56 Å². The molecule has 0 amide bonds. The number of ether oxygens (including phenoxy) is 2. The zero-order valence-electron chi connectivity index (χ0n) is 6.88. The Hall–Kier alpha value is -0.875. The molecule has 0 radical (unpaired) electrons. The van der Waals surface area contributed by atoms with E-state index in [1.165, 1.54) is 0 Å². The van der Waals surface area contributed by atoms with E-state index in [-0.39, 0.29) is 6.29 Å². The summed E-state index contributed by atoms with van der Waals surface area (Å²) in [6.45, 7) is 0.328. The Kier molecular flexibility index (Phi) is 2.33. The van der Waals surface area contributed by atoms with E-state index in [1.807, 2.05) is 0 Å². The fourth-order valence-corrected chi connectivity index (χ4v) is 1.15. The molecule has 1 saturated heterocycles. The van der Waals surface area contributed by atoms with Crippen LogP contribution in [-0.4, -0.2) is 24.0 Å². The van der Waals surface area contributed by atoms with Crippen molar-refractivity contribution in [2.24, 2.45) is 0 Å². The van der Waals surface area contributed by atoms with Gasteiger partial charge in [-0.15, -0.1) is 0 Å². The molecule has 1 aromatic carbocycles. The molecule has 4 nitrogen and oxygen atoms in total. The van der Waals surface area contributed by atoms with Crippen molar-refractivity contribution < 1.29 is 19.5 Å². The fraction of sp³-hybridized carbons (Fsp3) is 0.250. The van der Waals surface area contributed by atoms with Gasteiger partial charge in [-0.2, -0.15) is 0 Å². The van der Waals surface area contributed by atoms with Crippen molar-refractivity contribution in [3.05, 3.63) is 29.8 Å². The van der Waals surface area contributed by atoms with Gasteiger partial charge in [-0.05, 0) is 5.46 Å². The second-order valence-electron chi connectivity index (χ2n) is 2.82. The summed E-state index contributed by atoms with van der Waals surface area (Å²) in [5.41, 5.74) is 1.35. The molecule has 0 spiro atoms. The molecule has 0 atom stereocenters. The number of hydrogen-bond acceptors (Lipinski definition) is 4. The SMILES string of the molecule is OB(O)c1ccc(C2OCO2)cc1. The summed E-state index contributed by atoms with van der Waals surface area (Å²) in [4.78, 5) is 0. The largest absolute Gasteiger partial charge is 0.488 e. The Morgan fingerprint density at radius 2 is 1.77 bits per heavy atom. The molecule has 2 N–H and O–H groups in total. The van der Waals surface area contributed by atoms with Crippen molar-refractivity contribution in [3.63, 3.8) is 0 Å². The van der Waals surface area contributed by atoms with E-state index in [1.54, 1.807) is 24.3 Å². The van der Waals surface area contributed by atoms with Crippen LogP contribution in [0.2, 0.25) is 0 Å². The second kappa shape index (κ2) is 3.47. The molecule has 5 heteroatoms. The van der Waals surface area contributed by atoms with E-state index < -0.39 is 7.12 Å². The molecule has 1 fully saturated rings. The van der Waals surface area contributed by atoms with Crippen molar-refractivity contribution in [3.8, 4) is 0 Å². The quantitative estimate of drug-likeness (QED) is 0.594. The minimum absolute atomic E-state index is 0.287. The van der Waals surface area contributed by atoms with Crippen molar-refractivity contribution in [1.82, 2.24) is 0 Å². The minimum Gasteiger partial charge on any atom is -0.423 e. The van der Waals surface area contributed by atoms with Gasteiger partial charge in [-0.1, -0.05) is 24.3 Å². The van der Waals surface area contributed by atoms with Crippen LogP contribution in [0.25, 0.3) is 0 Å². The molecule has 13 heavy (non-hydrogen) atoms. The molecular formula is C8H9BO4. The van der Waals surface area contributed by atoms with Crippen molar-refractivity contribution in [1.29, 1.82) is 0 Å².